The van der Waals surface area contributed by atoms with Crippen molar-refractivity contribution in [3.63, 3.8) is 0 Å². The van der Waals surface area contributed by atoms with Crippen LogP contribution in [0.25, 0.3) is 0 Å². The second kappa shape index (κ2) is 9.18. The lowest BCUT2D eigenvalue weighted by Gasteiger charge is -2.27. The van der Waals surface area contributed by atoms with Crippen molar-refractivity contribution in [1.29, 1.82) is 5.26 Å². The Labute approximate surface area is 174 Å². The van der Waals surface area contributed by atoms with Gasteiger partial charge in [-0.1, -0.05) is 30.7 Å². The normalized spacial score (nSPS) is 14.4. The number of rotatable bonds is 6. The van der Waals surface area contributed by atoms with Crippen LogP contribution in [0.1, 0.15) is 77.3 Å². The molecule has 29 heavy (non-hydrogen) atoms. The second-order valence-corrected chi connectivity index (χ2v) is 7.99. The van der Waals surface area contributed by atoms with Gasteiger partial charge in [0, 0.05) is 11.7 Å². The fraction of sp³-hybridized carbons (Fsp3) is 0.550. The minimum Gasteiger partial charge on any atom is -0.451 e. The topological polar surface area (TPSA) is 110 Å². The maximum absolute atomic E-state index is 12.5. The van der Waals surface area contributed by atoms with E-state index in [0.717, 1.165) is 48.5 Å². The number of nitrogens with one attached hydrogen (secondary N) is 1. The Balaban J connectivity index is 1.75. The predicted octanol–water partition coefficient (Wildman–Crippen LogP) is 3.69. The number of carbonyl (C=O) groups excluding carboxylic acids is 2. The van der Waals surface area contributed by atoms with Gasteiger partial charge < -0.3 is 14.6 Å². The Morgan fingerprint density at radius 3 is 2.69 bits per heavy atom. The fourth-order valence-corrected chi connectivity index (χ4v) is 4.49. The van der Waals surface area contributed by atoms with Gasteiger partial charge in [0.2, 0.25) is 0 Å². The molecule has 1 saturated carbocycles. The molecule has 0 atom stereocenters. The van der Waals surface area contributed by atoms with E-state index in [1.165, 1.54) is 6.42 Å². The third-order valence-corrected chi connectivity index (χ3v) is 6.22. The zero-order valence-corrected chi connectivity index (χ0v) is 17.8. The van der Waals surface area contributed by atoms with Gasteiger partial charge in [0.25, 0.3) is 5.91 Å². The number of nitriles is 1. The number of amides is 1. The average Bonchev–Trinajstić information content (AvgIpc) is 3.30. The Hall–Kier alpha value is -2.73. The highest BCUT2D eigenvalue weighted by Gasteiger charge is 2.26. The number of esters is 1. The average molecular weight is 416 g/mol. The smallest absolute Gasteiger partial charge is 0.352 e. The van der Waals surface area contributed by atoms with Crippen molar-refractivity contribution in [2.24, 2.45) is 0 Å². The molecule has 1 aliphatic carbocycles. The van der Waals surface area contributed by atoms with E-state index in [1.807, 2.05) is 20.8 Å². The minimum atomic E-state index is -0.609. The molecule has 0 unspecified atom stereocenters. The molecule has 2 aromatic rings. The molecule has 2 heterocycles. The van der Waals surface area contributed by atoms with Crippen LogP contribution in [-0.2, 0) is 16.0 Å². The standard InChI is InChI=1S/C20H25N5O3S/c1-4-16-18(29-24-23-16)20(27)28-11-17(26)22-19-15(10-21)12(2)13(3)25(19)14-8-6-5-7-9-14/h14H,4-9,11H2,1-3H3,(H,22,26). The summed E-state index contributed by atoms with van der Waals surface area (Å²) in [5.74, 6) is -0.577. The summed E-state index contributed by atoms with van der Waals surface area (Å²) in [5, 5.41) is 16.3. The number of aryl methyl sites for hydroxylation is 1. The van der Waals surface area contributed by atoms with Crippen LogP contribution >= 0.6 is 11.5 Å². The Morgan fingerprint density at radius 2 is 2.03 bits per heavy atom. The molecule has 0 aliphatic heterocycles. The van der Waals surface area contributed by atoms with Crippen molar-refractivity contribution in [2.75, 3.05) is 11.9 Å². The molecule has 0 saturated heterocycles. The molecule has 154 valence electrons. The number of hydrogen-bond donors (Lipinski definition) is 1. The molecule has 1 amide bonds. The fourth-order valence-electron chi connectivity index (χ4n) is 3.84. The molecule has 0 aromatic carbocycles. The zero-order valence-electron chi connectivity index (χ0n) is 16.9. The summed E-state index contributed by atoms with van der Waals surface area (Å²) in [6.07, 6.45) is 6.09. The van der Waals surface area contributed by atoms with E-state index in [2.05, 4.69) is 25.5 Å². The van der Waals surface area contributed by atoms with E-state index in [4.69, 9.17) is 4.74 Å². The van der Waals surface area contributed by atoms with Gasteiger partial charge in [-0.3, -0.25) is 4.79 Å². The molecule has 9 heteroatoms. The first-order valence-electron chi connectivity index (χ1n) is 9.87. The summed E-state index contributed by atoms with van der Waals surface area (Å²) < 4.78 is 11.0. The van der Waals surface area contributed by atoms with Crippen LogP contribution in [0.5, 0.6) is 0 Å². The van der Waals surface area contributed by atoms with E-state index in [1.54, 1.807) is 0 Å². The van der Waals surface area contributed by atoms with Crippen LogP contribution in [0.2, 0.25) is 0 Å². The number of carbonyl (C=O) groups is 2. The van der Waals surface area contributed by atoms with Crippen molar-refractivity contribution in [2.45, 2.75) is 65.3 Å². The van der Waals surface area contributed by atoms with Crippen LogP contribution in [0.3, 0.4) is 0 Å². The van der Waals surface area contributed by atoms with Crippen molar-refractivity contribution >= 4 is 29.2 Å². The number of anilines is 1. The molecule has 0 spiro atoms. The van der Waals surface area contributed by atoms with Gasteiger partial charge in [0.05, 0.1) is 11.3 Å². The van der Waals surface area contributed by atoms with Gasteiger partial charge in [-0.15, -0.1) is 5.10 Å². The number of ether oxygens (including phenoxy) is 1. The van der Waals surface area contributed by atoms with Gasteiger partial charge >= 0.3 is 5.97 Å². The van der Waals surface area contributed by atoms with Gasteiger partial charge in [0.1, 0.15) is 11.9 Å². The van der Waals surface area contributed by atoms with Gasteiger partial charge in [-0.25, -0.2) is 4.79 Å². The first kappa shape index (κ1) is 21.0. The van der Waals surface area contributed by atoms with Gasteiger partial charge in [0.15, 0.2) is 11.5 Å². The van der Waals surface area contributed by atoms with Crippen LogP contribution in [-0.4, -0.2) is 32.6 Å². The quantitative estimate of drug-likeness (QED) is 0.721. The Kier molecular flexibility index (Phi) is 6.64. The van der Waals surface area contributed by atoms with E-state index in [-0.39, 0.29) is 6.04 Å². The molecule has 8 nitrogen and oxygen atoms in total. The van der Waals surface area contributed by atoms with Crippen LogP contribution in [0.15, 0.2) is 0 Å². The Morgan fingerprint density at radius 1 is 1.31 bits per heavy atom. The molecular formula is C20H25N5O3S. The van der Waals surface area contributed by atoms with Crippen molar-refractivity contribution < 1.29 is 14.3 Å². The summed E-state index contributed by atoms with van der Waals surface area (Å²) in [5.41, 5.74) is 2.88. The number of hydrogen-bond acceptors (Lipinski definition) is 7. The van der Waals surface area contributed by atoms with Crippen LogP contribution in [0, 0.1) is 25.2 Å². The summed E-state index contributed by atoms with van der Waals surface area (Å²) in [6, 6.07) is 2.48. The van der Waals surface area contributed by atoms with Crippen molar-refractivity contribution in [1.82, 2.24) is 14.2 Å². The van der Waals surface area contributed by atoms with Gasteiger partial charge in [-0.05, 0) is 50.2 Å². The third kappa shape index (κ3) is 4.32. The lowest BCUT2D eigenvalue weighted by molar-refractivity contribution is -0.119. The molecule has 3 rings (SSSR count). The third-order valence-electron chi connectivity index (χ3n) is 5.48. The highest BCUT2D eigenvalue weighted by atomic mass is 32.1. The van der Waals surface area contributed by atoms with E-state index in [0.29, 0.717) is 28.4 Å². The molecular weight excluding hydrogens is 390 g/mol. The summed E-state index contributed by atoms with van der Waals surface area (Å²) in [4.78, 5) is 25.0. The van der Waals surface area contributed by atoms with Crippen LogP contribution < -0.4 is 5.32 Å². The predicted molar refractivity (Wildman–Crippen MR) is 109 cm³/mol. The zero-order chi connectivity index (χ0) is 21.0. The lowest BCUT2D eigenvalue weighted by atomic mass is 9.95. The molecule has 0 radical (unpaired) electrons. The minimum absolute atomic E-state index is 0.262. The molecule has 1 N–H and O–H groups in total. The van der Waals surface area contributed by atoms with Crippen molar-refractivity contribution in [3.8, 4) is 6.07 Å². The summed E-state index contributed by atoms with van der Waals surface area (Å²) in [6.45, 7) is 5.31. The molecule has 1 fully saturated rings. The number of nitrogens with zero attached hydrogens (tertiary/aromatic N) is 4. The summed E-state index contributed by atoms with van der Waals surface area (Å²) >= 11 is 0.956. The van der Waals surface area contributed by atoms with E-state index >= 15 is 0 Å². The van der Waals surface area contributed by atoms with E-state index in [9.17, 15) is 14.9 Å². The first-order valence-corrected chi connectivity index (χ1v) is 10.6. The molecule has 2 aromatic heterocycles. The first-order chi connectivity index (χ1) is 14.0. The number of aromatic nitrogens is 3. The van der Waals surface area contributed by atoms with Gasteiger partial charge in [-0.2, -0.15) is 5.26 Å². The molecule has 0 bridgehead atoms. The molecule has 1 aliphatic rings. The van der Waals surface area contributed by atoms with Crippen molar-refractivity contribution in [3.05, 3.63) is 27.4 Å². The van der Waals surface area contributed by atoms with Crippen LogP contribution in [0.4, 0.5) is 5.82 Å². The highest BCUT2D eigenvalue weighted by Crippen LogP contribution is 2.36. The highest BCUT2D eigenvalue weighted by molar-refractivity contribution is 7.07. The van der Waals surface area contributed by atoms with E-state index < -0.39 is 18.5 Å². The SMILES string of the molecule is CCc1nnsc1C(=O)OCC(=O)Nc1c(C#N)c(C)c(C)n1C1CCCCC1. The monoisotopic (exact) mass is 415 g/mol. The maximum atomic E-state index is 12.5. The largest absolute Gasteiger partial charge is 0.451 e. The summed E-state index contributed by atoms with van der Waals surface area (Å²) in [7, 11) is 0. The second-order valence-electron chi connectivity index (χ2n) is 7.23. The maximum Gasteiger partial charge on any atom is 0.352 e. The Bertz CT molecular complexity index is 950. The lowest BCUT2D eigenvalue weighted by Crippen LogP contribution is -2.24.